The number of pyridine rings is 1. The largest absolute Gasteiger partial charge is 0.465 e. The second-order valence-corrected chi connectivity index (χ2v) is 4.55. The second kappa shape index (κ2) is 5.40. The van der Waals surface area contributed by atoms with Crippen molar-refractivity contribution in [2.75, 3.05) is 13.7 Å². The molecule has 2 rings (SSSR count). The molecule has 0 amide bonds. The molecule has 2 aromatic heterocycles. The van der Waals surface area contributed by atoms with Gasteiger partial charge >= 0.3 is 11.9 Å². The summed E-state index contributed by atoms with van der Waals surface area (Å²) in [5.41, 5.74) is 0.848. The fraction of sp³-hybridized carbons (Fsp3) is 0.250. The van der Waals surface area contributed by atoms with Gasteiger partial charge in [-0.05, 0) is 28.9 Å². The second-order valence-electron chi connectivity index (χ2n) is 3.64. The Balaban J connectivity index is 2.68. The van der Waals surface area contributed by atoms with E-state index < -0.39 is 11.9 Å². The summed E-state index contributed by atoms with van der Waals surface area (Å²) in [5.74, 6) is -1.07. The first kappa shape index (κ1) is 13.5. The molecule has 0 aromatic carbocycles. The van der Waals surface area contributed by atoms with E-state index in [1.165, 1.54) is 17.8 Å². The molecule has 2 heterocycles. The number of fused-ring (bicyclic) bond motifs is 1. The molecule has 0 saturated carbocycles. The molecule has 0 bridgehead atoms. The molecule has 0 saturated heterocycles. The van der Waals surface area contributed by atoms with Gasteiger partial charge in [0.25, 0.3) is 0 Å². The van der Waals surface area contributed by atoms with Crippen LogP contribution in [-0.2, 0) is 9.47 Å². The number of esters is 2. The van der Waals surface area contributed by atoms with Crippen molar-refractivity contribution in [2.45, 2.75) is 6.92 Å². The highest BCUT2D eigenvalue weighted by Crippen LogP contribution is 2.22. The maximum atomic E-state index is 11.8. The summed E-state index contributed by atoms with van der Waals surface area (Å²) in [6.45, 7) is 1.96. The zero-order chi connectivity index (χ0) is 14.0. The van der Waals surface area contributed by atoms with E-state index in [4.69, 9.17) is 9.47 Å². The van der Waals surface area contributed by atoms with Crippen LogP contribution in [0.4, 0.5) is 0 Å². The zero-order valence-electron chi connectivity index (χ0n) is 10.3. The summed E-state index contributed by atoms with van der Waals surface area (Å²) in [7, 11) is 1.28. The molecule has 0 aliphatic rings. The monoisotopic (exact) mass is 326 g/mol. The number of carbonyl (C=O) groups is 2. The summed E-state index contributed by atoms with van der Waals surface area (Å²) in [5, 5.41) is 4.04. The summed E-state index contributed by atoms with van der Waals surface area (Å²) >= 11 is 3.27. The number of nitrogens with zero attached hydrogens (tertiary/aromatic N) is 2. The van der Waals surface area contributed by atoms with E-state index in [1.54, 1.807) is 19.2 Å². The predicted octanol–water partition coefficient (Wildman–Crippen LogP) is 2.06. The van der Waals surface area contributed by atoms with E-state index in [0.29, 0.717) is 9.99 Å². The van der Waals surface area contributed by atoms with Gasteiger partial charge in [-0.25, -0.2) is 14.1 Å². The lowest BCUT2D eigenvalue weighted by Crippen LogP contribution is -2.09. The van der Waals surface area contributed by atoms with Crippen LogP contribution in [0, 0.1) is 0 Å². The number of ether oxygens (including phenoxy) is 2. The van der Waals surface area contributed by atoms with Crippen LogP contribution in [0.1, 0.15) is 27.6 Å². The Bertz CT molecular complexity index is 650. The summed E-state index contributed by atoms with van der Waals surface area (Å²) in [4.78, 5) is 23.6. The van der Waals surface area contributed by atoms with Gasteiger partial charge in [-0.2, -0.15) is 5.10 Å². The molecule has 0 atom stereocenters. The smallest absolute Gasteiger partial charge is 0.342 e. The Morgan fingerprint density at radius 3 is 2.74 bits per heavy atom. The first-order valence-corrected chi connectivity index (χ1v) is 6.30. The van der Waals surface area contributed by atoms with Crippen LogP contribution in [0.5, 0.6) is 0 Å². The van der Waals surface area contributed by atoms with Crippen molar-refractivity contribution in [3.05, 3.63) is 34.1 Å². The minimum Gasteiger partial charge on any atom is -0.465 e. The van der Waals surface area contributed by atoms with Gasteiger partial charge in [-0.15, -0.1) is 0 Å². The summed E-state index contributed by atoms with van der Waals surface area (Å²) in [6.07, 6.45) is 3.01. The first-order valence-electron chi connectivity index (χ1n) is 5.50. The Labute approximate surface area is 117 Å². The Morgan fingerprint density at radius 2 is 2.11 bits per heavy atom. The van der Waals surface area contributed by atoms with E-state index in [1.807, 2.05) is 0 Å². The van der Waals surface area contributed by atoms with Crippen molar-refractivity contribution in [1.82, 2.24) is 9.61 Å². The third kappa shape index (κ3) is 2.46. The molecule has 0 aliphatic carbocycles. The van der Waals surface area contributed by atoms with Crippen molar-refractivity contribution in [2.24, 2.45) is 0 Å². The molecule has 6 nitrogen and oxygen atoms in total. The molecule has 0 unspecified atom stereocenters. The fourth-order valence-corrected chi connectivity index (χ4v) is 2.14. The SMILES string of the molecule is CCOC(=O)c1cnn2cc(Br)cc(C(=O)OC)c12. The van der Waals surface area contributed by atoms with Gasteiger partial charge in [0.15, 0.2) is 0 Å². The number of hydrogen-bond donors (Lipinski definition) is 0. The van der Waals surface area contributed by atoms with Gasteiger partial charge in [-0.3, -0.25) is 0 Å². The lowest BCUT2D eigenvalue weighted by Gasteiger charge is -2.05. The predicted molar refractivity (Wildman–Crippen MR) is 70.2 cm³/mol. The Morgan fingerprint density at radius 1 is 1.37 bits per heavy atom. The summed E-state index contributed by atoms with van der Waals surface area (Å²) < 4.78 is 11.7. The molecule has 0 N–H and O–H groups in total. The van der Waals surface area contributed by atoms with Crippen molar-refractivity contribution in [1.29, 1.82) is 0 Å². The third-order valence-electron chi connectivity index (χ3n) is 2.48. The van der Waals surface area contributed by atoms with Crippen molar-refractivity contribution < 1.29 is 19.1 Å². The van der Waals surface area contributed by atoms with Crippen LogP contribution in [-0.4, -0.2) is 35.3 Å². The maximum Gasteiger partial charge on any atom is 0.342 e. The van der Waals surface area contributed by atoms with Crippen LogP contribution in [0.15, 0.2) is 22.9 Å². The number of hydrogen-bond acceptors (Lipinski definition) is 5. The van der Waals surface area contributed by atoms with Gasteiger partial charge in [0, 0.05) is 10.7 Å². The average Bonchev–Trinajstić information content (AvgIpc) is 2.80. The van der Waals surface area contributed by atoms with Crippen molar-refractivity contribution in [3.8, 4) is 0 Å². The molecule has 0 aliphatic heterocycles. The minimum absolute atomic E-state index is 0.231. The van der Waals surface area contributed by atoms with Crippen molar-refractivity contribution >= 4 is 33.4 Å². The van der Waals surface area contributed by atoms with Crippen LogP contribution < -0.4 is 0 Å². The highest BCUT2D eigenvalue weighted by molar-refractivity contribution is 9.10. The lowest BCUT2D eigenvalue weighted by molar-refractivity contribution is 0.0528. The molecule has 0 radical (unpaired) electrons. The maximum absolute atomic E-state index is 11.8. The van der Waals surface area contributed by atoms with E-state index in [2.05, 4.69) is 21.0 Å². The number of rotatable bonds is 3. The third-order valence-corrected chi connectivity index (χ3v) is 2.91. The fourth-order valence-electron chi connectivity index (χ4n) is 1.71. The molecular formula is C12H11BrN2O4. The number of methoxy groups -OCH3 is 1. The van der Waals surface area contributed by atoms with Gasteiger partial charge in [0.1, 0.15) is 5.56 Å². The van der Waals surface area contributed by atoms with Crippen LogP contribution in [0.25, 0.3) is 5.52 Å². The number of aromatic nitrogens is 2. The van der Waals surface area contributed by atoms with E-state index in [9.17, 15) is 9.59 Å². The lowest BCUT2D eigenvalue weighted by atomic mass is 10.1. The topological polar surface area (TPSA) is 69.9 Å². The van der Waals surface area contributed by atoms with Gasteiger partial charge < -0.3 is 9.47 Å². The van der Waals surface area contributed by atoms with Gasteiger partial charge in [0.05, 0.1) is 31.0 Å². The van der Waals surface area contributed by atoms with Crippen LogP contribution in [0.3, 0.4) is 0 Å². The highest BCUT2D eigenvalue weighted by atomic mass is 79.9. The molecule has 7 heteroatoms. The van der Waals surface area contributed by atoms with Crippen LogP contribution >= 0.6 is 15.9 Å². The molecule has 2 aromatic rings. The molecule has 19 heavy (non-hydrogen) atoms. The molecular weight excluding hydrogens is 316 g/mol. The van der Waals surface area contributed by atoms with E-state index in [0.717, 1.165) is 0 Å². The van der Waals surface area contributed by atoms with Gasteiger partial charge in [-0.1, -0.05) is 0 Å². The van der Waals surface area contributed by atoms with E-state index >= 15 is 0 Å². The summed E-state index contributed by atoms with van der Waals surface area (Å²) in [6, 6.07) is 1.57. The highest BCUT2D eigenvalue weighted by Gasteiger charge is 2.21. The van der Waals surface area contributed by atoms with E-state index in [-0.39, 0.29) is 17.7 Å². The normalized spacial score (nSPS) is 10.5. The molecule has 100 valence electrons. The van der Waals surface area contributed by atoms with Crippen molar-refractivity contribution in [3.63, 3.8) is 0 Å². The minimum atomic E-state index is -0.544. The quantitative estimate of drug-likeness (QED) is 0.807. The number of carbonyl (C=O) groups excluding carboxylic acids is 2. The standard InChI is InChI=1S/C12H11BrN2O4/c1-3-19-12(17)9-5-14-15-6-7(13)4-8(10(9)15)11(16)18-2/h4-6H,3H2,1-2H3. The first-order chi connectivity index (χ1) is 9.08. The van der Waals surface area contributed by atoms with Gasteiger partial charge in [0.2, 0.25) is 0 Å². The zero-order valence-corrected chi connectivity index (χ0v) is 11.9. The Kier molecular flexibility index (Phi) is 3.84. The average molecular weight is 327 g/mol. The van der Waals surface area contributed by atoms with Crippen LogP contribution in [0.2, 0.25) is 0 Å². The number of halogens is 1. The molecule has 0 spiro atoms. The molecule has 0 fully saturated rings. The Hall–Kier alpha value is -1.89.